The largest absolute Gasteiger partial charge is 0.465 e. The van der Waals surface area contributed by atoms with Crippen molar-refractivity contribution in [3.05, 3.63) is 12.3 Å². The van der Waals surface area contributed by atoms with Gasteiger partial charge in [-0.05, 0) is 24.7 Å². The topological polar surface area (TPSA) is 40.5 Å². The number of allylic oxidation sites excluding steroid dienone is 1. The van der Waals surface area contributed by atoms with Crippen LogP contribution >= 0.6 is 0 Å². The van der Waals surface area contributed by atoms with Crippen LogP contribution in [-0.4, -0.2) is 22.6 Å². The maximum absolute atomic E-state index is 10.5. The monoisotopic (exact) mass is 167 g/mol. The minimum absolute atomic E-state index is 0.381. The van der Waals surface area contributed by atoms with Gasteiger partial charge in [0.2, 0.25) is 0 Å². The summed E-state index contributed by atoms with van der Waals surface area (Å²) >= 11 is 0. The lowest BCUT2D eigenvalue weighted by Crippen LogP contribution is -2.38. The normalized spacial score (nSPS) is 25.5. The molecule has 1 N–H and O–H groups in total. The summed E-state index contributed by atoms with van der Waals surface area (Å²) in [6.45, 7) is 0.672. The van der Waals surface area contributed by atoms with E-state index in [4.69, 9.17) is 5.11 Å². The molecule has 1 aliphatic carbocycles. The number of amides is 1. The van der Waals surface area contributed by atoms with E-state index in [1.807, 2.05) is 0 Å². The van der Waals surface area contributed by atoms with E-state index in [1.165, 1.54) is 24.2 Å². The van der Waals surface area contributed by atoms with Crippen LogP contribution in [-0.2, 0) is 0 Å². The SMILES string of the molecule is O=C(O)N1C=CC2(CCC2)CC1. The van der Waals surface area contributed by atoms with Crippen LogP contribution in [0, 0.1) is 5.41 Å². The molecule has 0 saturated heterocycles. The molecule has 0 aromatic heterocycles. The van der Waals surface area contributed by atoms with E-state index in [2.05, 4.69) is 6.08 Å². The summed E-state index contributed by atoms with van der Waals surface area (Å²) in [5.74, 6) is 0. The van der Waals surface area contributed by atoms with Gasteiger partial charge < -0.3 is 5.11 Å². The van der Waals surface area contributed by atoms with E-state index in [9.17, 15) is 4.79 Å². The first-order valence-electron chi connectivity index (χ1n) is 4.41. The second kappa shape index (κ2) is 2.51. The molecule has 66 valence electrons. The smallest absolute Gasteiger partial charge is 0.411 e. The molecule has 0 bridgehead atoms. The Morgan fingerprint density at radius 1 is 1.42 bits per heavy atom. The van der Waals surface area contributed by atoms with Crippen molar-refractivity contribution in [3.8, 4) is 0 Å². The Hall–Kier alpha value is -0.990. The maximum atomic E-state index is 10.5. The van der Waals surface area contributed by atoms with Gasteiger partial charge in [0.05, 0.1) is 0 Å². The van der Waals surface area contributed by atoms with Crippen molar-refractivity contribution in [2.75, 3.05) is 6.54 Å². The number of carboxylic acid groups (broad SMARTS) is 1. The predicted octanol–water partition coefficient (Wildman–Crippen LogP) is 2.05. The molecule has 3 heteroatoms. The minimum atomic E-state index is -0.833. The van der Waals surface area contributed by atoms with Gasteiger partial charge in [-0.3, -0.25) is 4.90 Å². The van der Waals surface area contributed by atoms with Crippen molar-refractivity contribution < 1.29 is 9.90 Å². The van der Waals surface area contributed by atoms with Crippen LogP contribution in [0.25, 0.3) is 0 Å². The van der Waals surface area contributed by atoms with E-state index in [0.29, 0.717) is 12.0 Å². The minimum Gasteiger partial charge on any atom is -0.465 e. The molecule has 1 spiro atoms. The van der Waals surface area contributed by atoms with Crippen LogP contribution in [0.15, 0.2) is 12.3 Å². The number of nitrogens with zero attached hydrogens (tertiary/aromatic N) is 1. The summed E-state index contributed by atoms with van der Waals surface area (Å²) in [5.41, 5.74) is 0.381. The first-order chi connectivity index (χ1) is 5.72. The fraction of sp³-hybridized carbons (Fsp3) is 0.667. The third kappa shape index (κ3) is 1.09. The quantitative estimate of drug-likeness (QED) is 0.599. The lowest BCUT2D eigenvalue weighted by Gasteiger charge is -2.43. The Balaban J connectivity index is 2.04. The van der Waals surface area contributed by atoms with Crippen LogP contribution in [0.4, 0.5) is 4.79 Å². The summed E-state index contributed by atoms with van der Waals surface area (Å²) in [6.07, 6.45) is 7.78. The molecule has 1 amide bonds. The summed E-state index contributed by atoms with van der Waals surface area (Å²) in [7, 11) is 0. The van der Waals surface area contributed by atoms with E-state index < -0.39 is 6.09 Å². The molecule has 2 rings (SSSR count). The zero-order chi connectivity index (χ0) is 8.60. The third-order valence-corrected chi connectivity index (χ3v) is 3.05. The zero-order valence-corrected chi connectivity index (χ0v) is 6.99. The van der Waals surface area contributed by atoms with Gasteiger partial charge in [0.1, 0.15) is 0 Å². The molecule has 1 saturated carbocycles. The van der Waals surface area contributed by atoms with Crippen molar-refractivity contribution in [1.29, 1.82) is 0 Å². The van der Waals surface area contributed by atoms with Gasteiger partial charge in [-0.2, -0.15) is 0 Å². The third-order valence-electron chi connectivity index (χ3n) is 3.05. The highest BCUT2D eigenvalue weighted by Gasteiger charge is 2.37. The first-order valence-corrected chi connectivity index (χ1v) is 4.41. The average Bonchev–Trinajstić information content (AvgIpc) is 2.02. The highest BCUT2D eigenvalue weighted by Crippen LogP contribution is 2.46. The number of hydrogen-bond donors (Lipinski definition) is 1. The molecule has 12 heavy (non-hydrogen) atoms. The van der Waals surface area contributed by atoms with Crippen LogP contribution in [0.1, 0.15) is 25.7 Å². The van der Waals surface area contributed by atoms with Gasteiger partial charge in [-0.1, -0.05) is 12.5 Å². The Kier molecular flexibility index (Phi) is 1.60. The van der Waals surface area contributed by atoms with Gasteiger partial charge in [-0.15, -0.1) is 0 Å². The molecule has 0 atom stereocenters. The molecular weight excluding hydrogens is 154 g/mol. The first kappa shape index (κ1) is 7.65. The molecule has 3 nitrogen and oxygen atoms in total. The van der Waals surface area contributed by atoms with Gasteiger partial charge in [-0.25, -0.2) is 4.79 Å². The van der Waals surface area contributed by atoms with E-state index in [1.54, 1.807) is 6.20 Å². The second-order valence-corrected chi connectivity index (χ2v) is 3.76. The average molecular weight is 167 g/mol. The molecule has 0 aromatic carbocycles. The molecule has 0 unspecified atom stereocenters. The fourth-order valence-electron chi connectivity index (χ4n) is 1.96. The van der Waals surface area contributed by atoms with Crippen LogP contribution in [0.5, 0.6) is 0 Å². The van der Waals surface area contributed by atoms with Crippen molar-refractivity contribution in [1.82, 2.24) is 4.90 Å². The Bertz CT molecular complexity index is 231. The van der Waals surface area contributed by atoms with E-state index in [0.717, 1.165) is 6.42 Å². The lowest BCUT2D eigenvalue weighted by atomic mass is 9.66. The van der Waals surface area contributed by atoms with Gasteiger partial charge in [0.15, 0.2) is 0 Å². The molecule has 0 aromatic rings. The predicted molar refractivity (Wildman–Crippen MR) is 44.8 cm³/mol. The van der Waals surface area contributed by atoms with Crippen molar-refractivity contribution >= 4 is 6.09 Å². The summed E-state index contributed by atoms with van der Waals surface area (Å²) in [5, 5.41) is 8.67. The van der Waals surface area contributed by atoms with E-state index >= 15 is 0 Å². The molecular formula is C9H13NO2. The van der Waals surface area contributed by atoms with Crippen LogP contribution in [0.2, 0.25) is 0 Å². The standard InChI is InChI=1S/C9H13NO2/c11-8(12)10-6-4-9(5-7-10)2-1-3-9/h4,6H,1-3,5,7H2,(H,11,12). The number of hydrogen-bond acceptors (Lipinski definition) is 1. The lowest BCUT2D eigenvalue weighted by molar-refractivity contribution is 0.125. The zero-order valence-electron chi connectivity index (χ0n) is 6.99. The molecule has 0 radical (unpaired) electrons. The highest BCUT2D eigenvalue weighted by molar-refractivity contribution is 5.66. The fourth-order valence-corrected chi connectivity index (χ4v) is 1.96. The Morgan fingerprint density at radius 3 is 2.50 bits per heavy atom. The Morgan fingerprint density at radius 2 is 2.17 bits per heavy atom. The number of rotatable bonds is 0. The molecule has 1 fully saturated rings. The molecule has 1 aliphatic heterocycles. The highest BCUT2D eigenvalue weighted by atomic mass is 16.4. The Labute approximate surface area is 71.7 Å². The van der Waals surface area contributed by atoms with Crippen molar-refractivity contribution in [2.45, 2.75) is 25.7 Å². The molecule has 2 aliphatic rings. The van der Waals surface area contributed by atoms with Gasteiger partial charge in [0, 0.05) is 12.7 Å². The summed E-state index contributed by atoms with van der Waals surface area (Å²) < 4.78 is 0. The van der Waals surface area contributed by atoms with Crippen molar-refractivity contribution in [2.24, 2.45) is 5.41 Å². The maximum Gasteiger partial charge on any atom is 0.411 e. The second-order valence-electron chi connectivity index (χ2n) is 3.76. The van der Waals surface area contributed by atoms with E-state index in [-0.39, 0.29) is 0 Å². The van der Waals surface area contributed by atoms with Crippen LogP contribution < -0.4 is 0 Å². The van der Waals surface area contributed by atoms with Gasteiger partial charge >= 0.3 is 6.09 Å². The number of carbonyl (C=O) groups is 1. The summed E-state index contributed by atoms with van der Waals surface area (Å²) in [6, 6.07) is 0. The van der Waals surface area contributed by atoms with Crippen molar-refractivity contribution in [3.63, 3.8) is 0 Å². The van der Waals surface area contributed by atoms with Gasteiger partial charge in [0.25, 0.3) is 0 Å². The molecule has 1 heterocycles. The van der Waals surface area contributed by atoms with Crippen LogP contribution in [0.3, 0.4) is 0 Å². The summed E-state index contributed by atoms with van der Waals surface area (Å²) in [4.78, 5) is 11.9.